The first-order valence-corrected chi connectivity index (χ1v) is 10.9. The molecule has 4 rings (SSSR count). The van der Waals surface area contributed by atoms with Gasteiger partial charge in [-0.25, -0.2) is 9.97 Å². The van der Waals surface area contributed by atoms with Crippen LogP contribution in [-0.4, -0.2) is 28.3 Å². The number of nitrogens with one attached hydrogen (secondary N) is 2. The predicted octanol–water partition coefficient (Wildman–Crippen LogP) is 4.57. The van der Waals surface area contributed by atoms with Crippen molar-refractivity contribution >= 4 is 50.5 Å². The number of carbonyl (C=O) groups excluding carboxylic acids is 2. The summed E-state index contributed by atoms with van der Waals surface area (Å²) in [4.78, 5) is 32.8. The van der Waals surface area contributed by atoms with Gasteiger partial charge in [-0.05, 0) is 42.1 Å². The van der Waals surface area contributed by atoms with Crippen molar-refractivity contribution in [1.82, 2.24) is 15.3 Å². The quantitative estimate of drug-likeness (QED) is 0.427. The van der Waals surface area contributed by atoms with E-state index in [-0.39, 0.29) is 11.8 Å². The lowest BCUT2D eigenvalue weighted by Gasteiger charge is -2.06. The molecule has 0 aliphatic heterocycles. The van der Waals surface area contributed by atoms with Crippen LogP contribution >= 0.6 is 22.7 Å². The summed E-state index contributed by atoms with van der Waals surface area (Å²) in [6.07, 6.45) is 2.59. The summed E-state index contributed by atoms with van der Waals surface area (Å²) in [7, 11) is 0. The van der Waals surface area contributed by atoms with E-state index in [1.807, 2.05) is 35.7 Å². The van der Waals surface area contributed by atoms with Gasteiger partial charge in [0.1, 0.15) is 10.8 Å². The van der Waals surface area contributed by atoms with Gasteiger partial charge in [-0.1, -0.05) is 12.1 Å². The maximum Gasteiger partial charge on any atom is 0.252 e. The van der Waals surface area contributed by atoms with Gasteiger partial charge >= 0.3 is 0 Å². The van der Waals surface area contributed by atoms with E-state index in [1.165, 1.54) is 11.3 Å². The minimum atomic E-state index is -0.130. The summed E-state index contributed by atoms with van der Waals surface area (Å²) < 4.78 is 1.13. The molecule has 0 spiro atoms. The lowest BCUT2D eigenvalue weighted by Crippen LogP contribution is -2.25. The number of nitrogens with zero attached hydrogens (tertiary/aromatic N) is 2. The van der Waals surface area contributed by atoms with E-state index in [4.69, 9.17) is 0 Å². The normalized spacial score (nSPS) is 10.8. The first kappa shape index (κ1) is 19.2. The van der Waals surface area contributed by atoms with Gasteiger partial charge < -0.3 is 10.6 Å². The average molecular weight is 423 g/mol. The Labute approximate surface area is 175 Å². The standard InChI is InChI=1S/C21H18N4O2S2/c26-19(6-3-10-22-20(27)15-9-11-28-13-15)25-18-8-7-14(12-23-18)21-24-16-4-1-2-5-17(16)29-21/h1-2,4-5,7-9,11-13H,3,6,10H2,(H,22,27)(H,23,25,26). The zero-order valence-corrected chi connectivity index (χ0v) is 17.1. The predicted molar refractivity (Wildman–Crippen MR) is 117 cm³/mol. The Balaban J connectivity index is 1.26. The molecule has 0 saturated carbocycles. The minimum absolute atomic E-state index is 0.112. The summed E-state index contributed by atoms with van der Waals surface area (Å²) >= 11 is 3.09. The highest BCUT2D eigenvalue weighted by Gasteiger charge is 2.09. The Kier molecular flexibility index (Phi) is 5.92. The number of anilines is 1. The highest BCUT2D eigenvalue weighted by molar-refractivity contribution is 7.21. The van der Waals surface area contributed by atoms with Gasteiger partial charge in [0.2, 0.25) is 5.91 Å². The molecule has 0 saturated heterocycles. The first-order chi connectivity index (χ1) is 14.2. The summed E-state index contributed by atoms with van der Waals surface area (Å²) in [5.74, 6) is 0.260. The Morgan fingerprint density at radius 2 is 1.97 bits per heavy atom. The Hall–Kier alpha value is -3.10. The zero-order chi connectivity index (χ0) is 20.1. The van der Waals surface area contributed by atoms with Crippen LogP contribution in [0.5, 0.6) is 0 Å². The summed E-state index contributed by atoms with van der Waals surface area (Å²) in [6, 6.07) is 13.4. The van der Waals surface area contributed by atoms with E-state index >= 15 is 0 Å². The second kappa shape index (κ2) is 8.93. The molecule has 3 heterocycles. The molecule has 29 heavy (non-hydrogen) atoms. The van der Waals surface area contributed by atoms with E-state index < -0.39 is 0 Å². The van der Waals surface area contributed by atoms with Crippen LogP contribution in [0.25, 0.3) is 20.8 Å². The van der Waals surface area contributed by atoms with Crippen molar-refractivity contribution < 1.29 is 9.59 Å². The number of benzene rings is 1. The van der Waals surface area contributed by atoms with Crippen LogP contribution < -0.4 is 10.6 Å². The molecule has 0 aliphatic carbocycles. The van der Waals surface area contributed by atoms with Crippen LogP contribution in [-0.2, 0) is 4.79 Å². The largest absolute Gasteiger partial charge is 0.352 e. The lowest BCUT2D eigenvalue weighted by molar-refractivity contribution is -0.116. The van der Waals surface area contributed by atoms with Crippen molar-refractivity contribution in [3.63, 3.8) is 0 Å². The third-order valence-electron chi connectivity index (χ3n) is 4.22. The summed E-state index contributed by atoms with van der Waals surface area (Å²) in [5.41, 5.74) is 2.54. The van der Waals surface area contributed by atoms with Crippen LogP contribution in [0.3, 0.4) is 0 Å². The van der Waals surface area contributed by atoms with E-state index in [1.54, 1.807) is 35.0 Å². The number of rotatable bonds is 7. The fourth-order valence-electron chi connectivity index (χ4n) is 2.74. The van der Waals surface area contributed by atoms with Gasteiger partial charge in [-0.2, -0.15) is 11.3 Å². The molecule has 0 bridgehead atoms. The van der Waals surface area contributed by atoms with Crippen molar-refractivity contribution in [2.75, 3.05) is 11.9 Å². The van der Waals surface area contributed by atoms with Crippen LogP contribution in [0.4, 0.5) is 5.82 Å². The molecule has 2 N–H and O–H groups in total. The first-order valence-electron chi connectivity index (χ1n) is 9.11. The number of hydrogen-bond donors (Lipinski definition) is 2. The number of amides is 2. The molecule has 0 unspecified atom stereocenters. The van der Waals surface area contributed by atoms with Gasteiger partial charge in [0.05, 0.1) is 10.2 Å². The van der Waals surface area contributed by atoms with Crippen LogP contribution in [0.2, 0.25) is 0 Å². The fraction of sp³-hybridized carbons (Fsp3) is 0.143. The Morgan fingerprint density at radius 3 is 2.72 bits per heavy atom. The van der Waals surface area contributed by atoms with E-state index in [9.17, 15) is 9.59 Å². The number of aromatic nitrogens is 2. The second-order valence-electron chi connectivity index (χ2n) is 6.34. The van der Waals surface area contributed by atoms with Crippen LogP contribution in [0.1, 0.15) is 23.2 Å². The van der Waals surface area contributed by atoms with Gasteiger partial charge in [0, 0.05) is 35.7 Å². The summed E-state index contributed by atoms with van der Waals surface area (Å²) in [5, 5.41) is 10.1. The lowest BCUT2D eigenvalue weighted by atomic mass is 10.2. The molecule has 0 radical (unpaired) electrons. The molecular weight excluding hydrogens is 404 g/mol. The SMILES string of the molecule is O=C(CCCNC(=O)c1ccsc1)Nc1ccc(-c2nc3ccccc3s2)cn1. The minimum Gasteiger partial charge on any atom is -0.352 e. The molecule has 1 aromatic carbocycles. The zero-order valence-electron chi connectivity index (χ0n) is 15.4. The number of pyridine rings is 1. The molecule has 8 heteroatoms. The maximum absolute atomic E-state index is 12.1. The number of hydrogen-bond acceptors (Lipinski definition) is 6. The number of thiophene rings is 1. The van der Waals surface area contributed by atoms with Gasteiger partial charge in [-0.3, -0.25) is 9.59 Å². The molecule has 2 amide bonds. The molecule has 0 fully saturated rings. The van der Waals surface area contributed by atoms with Gasteiger partial charge in [0.15, 0.2) is 0 Å². The van der Waals surface area contributed by atoms with Crippen molar-refractivity contribution in [3.8, 4) is 10.6 Å². The monoisotopic (exact) mass is 422 g/mol. The molecule has 0 atom stereocenters. The highest BCUT2D eigenvalue weighted by Crippen LogP contribution is 2.29. The van der Waals surface area contributed by atoms with Gasteiger partial charge in [0.25, 0.3) is 5.91 Å². The maximum atomic E-state index is 12.1. The number of fused-ring (bicyclic) bond motifs is 1. The molecule has 0 aliphatic rings. The average Bonchev–Trinajstić information content (AvgIpc) is 3.41. The van der Waals surface area contributed by atoms with E-state index in [0.717, 1.165) is 20.8 Å². The number of thiazole rings is 1. The van der Waals surface area contributed by atoms with Crippen molar-refractivity contribution in [2.24, 2.45) is 0 Å². The summed E-state index contributed by atoms with van der Waals surface area (Å²) in [6.45, 7) is 0.450. The Bertz CT molecular complexity index is 1090. The number of carbonyl (C=O) groups is 2. The third-order valence-corrected chi connectivity index (χ3v) is 5.99. The van der Waals surface area contributed by atoms with Crippen molar-refractivity contribution in [2.45, 2.75) is 12.8 Å². The molecule has 146 valence electrons. The highest BCUT2D eigenvalue weighted by atomic mass is 32.1. The smallest absolute Gasteiger partial charge is 0.252 e. The topological polar surface area (TPSA) is 84.0 Å². The molecule has 6 nitrogen and oxygen atoms in total. The molecular formula is C21H18N4O2S2. The fourth-order valence-corrected chi connectivity index (χ4v) is 4.33. The number of para-hydroxylation sites is 1. The van der Waals surface area contributed by atoms with Crippen LogP contribution in [0, 0.1) is 0 Å². The van der Waals surface area contributed by atoms with Crippen molar-refractivity contribution in [3.05, 3.63) is 65.0 Å². The van der Waals surface area contributed by atoms with Crippen molar-refractivity contribution in [1.29, 1.82) is 0 Å². The third kappa shape index (κ3) is 4.85. The van der Waals surface area contributed by atoms with Gasteiger partial charge in [-0.15, -0.1) is 11.3 Å². The van der Waals surface area contributed by atoms with E-state index in [2.05, 4.69) is 20.6 Å². The molecule has 4 aromatic rings. The van der Waals surface area contributed by atoms with E-state index in [0.29, 0.717) is 30.8 Å². The Morgan fingerprint density at radius 1 is 1.07 bits per heavy atom. The molecule has 3 aromatic heterocycles. The second-order valence-corrected chi connectivity index (χ2v) is 8.15. The van der Waals surface area contributed by atoms with Crippen LogP contribution in [0.15, 0.2) is 59.4 Å².